The molecule has 0 saturated heterocycles. The van der Waals surface area contributed by atoms with Gasteiger partial charge in [0.25, 0.3) is 5.91 Å². The number of nitrogens with zero attached hydrogens (tertiary/aromatic N) is 4. The highest BCUT2D eigenvalue weighted by Crippen LogP contribution is 2.27. The summed E-state index contributed by atoms with van der Waals surface area (Å²) in [4.78, 5) is 26.2. The highest BCUT2D eigenvalue weighted by atomic mass is 35.5. The molecule has 1 amide bonds. The molecule has 0 aliphatic carbocycles. The quantitative estimate of drug-likeness (QED) is 0.404. The Morgan fingerprint density at radius 2 is 1.91 bits per heavy atom. The third-order valence-corrected chi connectivity index (χ3v) is 5.81. The number of rotatable bonds is 7. The molecule has 0 aliphatic heterocycles. The summed E-state index contributed by atoms with van der Waals surface area (Å²) >= 11 is 12.1. The molecule has 4 rings (SSSR count). The van der Waals surface area contributed by atoms with Crippen LogP contribution in [0.1, 0.15) is 27.4 Å². The number of methoxy groups -OCH3 is 1. The lowest BCUT2D eigenvalue weighted by atomic mass is 10.1. The van der Waals surface area contributed by atoms with E-state index in [1.807, 2.05) is 35.9 Å². The summed E-state index contributed by atoms with van der Waals surface area (Å²) in [7, 11) is 1.55. The first-order chi connectivity index (χ1) is 15.9. The molecule has 0 saturated carbocycles. The predicted molar refractivity (Wildman–Crippen MR) is 128 cm³/mol. The molecule has 9 heteroatoms. The number of benzene rings is 1. The van der Waals surface area contributed by atoms with Crippen LogP contribution in [0.25, 0.3) is 11.3 Å². The van der Waals surface area contributed by atoms with Crippen LogP contribution in [-0.4, -0.2) is 32.5 Å². The zero-order chi connectivity index (χ0) is 23.4. The molecule has 7 nitrogen and oxygen atoms in total. The van der Waals surface area contributed by atoms with Crippen LogP contribution < -0.4 is 10.1 Å². The van der Waals surface area contributed by atoms with Crippen molar-refractivity contribution in [2.45, 2.75) is 20.0 Å². The molecule has 1 N–H and O–H groups in total. The van der Waals surface area contributed by atoms with Gasteiger partial charge in [-0.3, -0.25) is 4.79 Å². The minimum Gasteiger partial charge on any atom is -0.481 e. The maximum atomic E-state index is 13.0. The fourth-order valence-corrected chi connectivity index (χ4v) is 3.69. The van der Waals surface area contributed by atoms with Crippen molar-refractivity contribution in [2.24, 2.45) is 0 Å². The Balaban J connectivity index is 1.66. The van der Waals surface area contributed by atoms with E-state index in [0.29, 0.717) is 33.7 Å². The third-order valence-electron chi connectivity index (χ3n) is 5.07. The van der Waals surface area contributed by atoms with Crippen molar-refractivity contribution < 1.29 is 9.53 Å². The van der Waals surface area contributed by atoms with Crippen molar-refractivity contribution in [2.75, 3.05) is 7.11 Å². The maximum Gasteiger partial charge on any atom is 0.270 e. The zero-order valence-electron chi connectivity index (χ0n) is 18.0. The number of carbonyl (C=O) groups is 1. The van der Waals surface area contributed by atoms with Crippen molar-refractivity contribution in [1.82, 2.24) is 24.8 Å². The predicted octanol–water partition coefficient (Wildman–Crippen LogP) is 4.94. The Labute approximate surface area is 201 Å². The van der Waals surface area contributed by atoms with Crippen molar-refractivity contribution >= 4 is 29.1 Å². The summed E-state index contributed by atoms with van der Waals surface area (Å²) < 4.78 is 7.40. The van der Waals surface area contributed by atoms with Gasteiger partial charge in [0, 0.05) is 31.7 Å². The minimum absolute atomic E-state index is 0.284. The first-order valence-electron chi connectivity index (χ1n) is 10.1. The highest BCUT2D eigenvalue weighted by molar-refractivity contribution is 6.42. The lowest BCUT2D eigenvalue weighted by Gasteiger charge is -2.13. The lowest BCUT2D eigenvalue weighted by Crippen LogP contribution is -2.24. The topological polar surface area (TPSA) is 81.9 Å². The Hall–Kier alpha value is -3.42. The van der Waals surface area contributed by atoms with Crippen molar-refractivity contribution in [3.8, 4) is 17.1 Å². The molecule has 3 aromatic heterocycles. The third kappa shape index (κ3) is 5.32. The molecule has 0 spiro atoms. The van der Waals surface area contributed by atoms with Gasteiger partial charge in [-0.1, -0.05) is 29.3 Å². The summed E-state index contributed by atoms with van der Waals surface area (Å²) in [5, 5.41) is 3.80. The summed E-state index contributed by atoms with van der Waals surface area (Å²) in [5.74, 6) is 0.996. The van der Waals surface area contributed by atoms with E-state index in [2.05, 4.69) is 20.3 Å². The van der Waals surface area contributed by atoms with Gasteiger partial charge in [-0.2, -0.15) is 0 Å². The summed E-state index contributed by atoms with van der Waals surface area (Å²) in [6, 6.07) is 12.6. The van der Waals surface area contributed by atoms with E-state index in [1.165, 1.54) is 0 Å². The van der Waals surface area contributed by atoms with E-state index >= 15 is 0 Å². The molecule has 0 aliphatic rings. The van der Waals surface area contributed by atoms with Gasteiger partial charge in [0.1, 0.15) is 11.5 Å². The van der Waals surface area contributed by atoms with E-state index in [-0.39, 0.29) is 18.1 Å². The molecule has 0 radical (unpaired) electrons. The van der Waals surface area contributed by atoms with Crippen LogP contribution in [0.4, 0.5) is 0 Å². The fraction of sp³-hybridized carbons (Fsp3) is 0.167. The number of pyridine rings is 2. The number of aromatic nitrogens is 4. The Bertz CT molecular complexity index is 1310. The summed E-state index contributed by atoms with van der Waals surface area (Å²) in [6.45, 7) is 2.75. The molecule has 0 bridgehead atoms. The zero-order valence-corrected chi connectivity index (χ0v) is 19.6. The van der Waals surface area contributed by atoms with Gasteiger partial charge < -0.3 is 14.6 Å². The smallest absolute Gasteiger partial charge is 0.270 e. The molecular weight excluding hydrogens is 461 g/mol. The largest absolute Gasteiger partial charge is 0.481 e. The average molecular weight is 482 g/mol. The Morgan fingerprint density at radius 1 is 1.06 bits per heavy atom. The van der Waals surface area contributed by atoms with E-state index in [1.54, 1.807) is 43.8 Å². The fourth-order valence-electron chi connectivity index (χ4n) is 3.37. The van der Waals surface area contributed by atoms with E-state index < -0.39 is 0 Å². The molecule has 0 atom stereocenters. The monoisotopic (exact) mass is 481 g/mol. The van der Waals surface area contributed by atoms with Gasteiger partial charge >= 0.3 is 0 Å². The average Bonchev–Trinajstić information content (AvgIpc) is 3.23. The van der Waals surface area contributed by atoms with Crippen LogP contribution in [0, 0.1) is 6.92 Å². The highest BCUT2D eigenvalue weighted by Gasteiger charge is 2.15. The van der Waals surface area contributed by atoms with Gasteiger partial charge in [-0.05, 0) is 54.4 Å². The Morgan fingerprint density at radius 3 is 2.64 bits per heavy atom. The lowest BCUT2D eigenvalue weighted by molar-refractivity contribution is 0.0946. The second kappa shape index (κ2) is 10.0. The minimum atomic E-state index is -0.311. The molecule has 3 heterocycles. The van der Waals surface area contributed by atoms with Crippen LogP contribution in [0.5, 0.6) is 5.88 Å². The van der Waals surface area contributed by atoms with Gasteiger partial charge in [0.15, 0.2) is 0 Å². The van der Waals surface area contributed by atoms with Crippen molar-refractivity contribution in [1.29, 1.82) is 0 Å². The van der Waals surface area contributed by atoms with E-state index in [9.17, 15) is 4.79 Å². The number of hydrogen-bond acceptors (Lipinski definition) is 5. The molecule has 1 aromatic carbocycles. The number of halogens is 2. The maximum absolute atomic E-state index is 13.0. The van der Waals surface area contributed by atoms with Crippen LogP contribution in [0.2, 0.25) is 10.0 Å². The first-order valence-corrected chi connectivity index (χ1v) is 10.9. The number of hydrogen-bond donors (Lipinski definition) is 1. The van der Waals surface area contributed by atoms with Crippen LogP contribution in [0.3, 0.4) is 0 Å². The van der Waals surface area contributed by atoms with Crippen LogP contribution in [-0.2, 0) is 13.1 Å². The molecule has 0 fully saturated rings. The SMILES string of the molecule is COc1ncccc1-c1cc(Cn2ccnc2C)cc(C(=O)NCc2ccc(Cl)c(Cl)c2)n1. The molecule has 4 aromatic rings. The molecular formula is C24H21Cl2N5O2. The number of aryl methyl sites for hydroxylation is 1. The number of imidazole rings is 1. The molecule has 33 heavy (non-hydrogen) atoms. The van der Waals surface area contributed by atoms with Gasteiger partial charge in [0.05, 0.1) is 28.4 Å². The second-order valence-electron chi connectivity index (χ2n) is 7.34. The van der Waals surface area contributed by atoms with Crippen molar-refractivity contribution in [3.63, 3.8) is 0 Å². The van der Waals surface area contributed by atoms with Crippen molar-refractivity contribution in [3.05, 3.63) is 93.7 Å². The van der Waals surface area contributed by atoms with Gasteiger partial charge in [0.2, 0.25) is 5.88 Å². The molecule has 168 valence electrons. The van der Waals surface area contributed by atoms with Crippen LogP contribution >= 0.6 is 23.2 Å². The number of amides is 1. The van der Waals surface area contributed by atoms with E-state index in [0.717, 1.165) is 17.0 Å². The number of nitrogens with one attached hydrogen (secondary N) is 1. The number of carbonyl (C=O) groups excluding carboxylic acids is 1. The standard InChI is InChI=1S/C24H21Cl2N5O2/c1-15-27-8-9-31(15)14-17-11-21(18-4-3-7-28-24(18)33-2)30-22(12-17)23(32)29-13-16-5-6-19(25)20(26)10-16/h3-12H,13-14H2,1-2H3,(H,29,32). The number of ether oxygens (including phenoxy) is 1. The van der Waals surface area contributed by atoms with E-state index in [4.69, 9.17) is 27.9 Å². The molecule has 0 unspecified atom stereocenters. The summed E-state index contributed by atoms with van der Waals surface area (Å²) in [5.41, 5.74) is 3.30. The van der Waals surface area contributed by atoms with Gasteiger partial charge in [-0.25, -0.2) is 15.0 Å². The Kier molecular flexibility index (Phi) is 6.91. The normalized spacial score (nSPS) is 10.8. The first kappa shape index (κ1) is 22.8. The summed E-state index contributed by atoms with van der Waals surface area (Å²) in [6.07, 6.45) is 5.28. The second-order valence-corrected chi connectivity index (χ2v) is 8.15. The van der Waals surface area contributed by atoms with Gasteiger partial charge in [-0.15, -0.1) is 0 Å². The van der Waals surface area contributed by atoms with Crippen LogP contribution in [0.15, 0.2) is 61.1 Å².